The summed E-state index contributed by atoms with van der Waals surface area (Å²) in [5.74, 6) is 0. The van der Waals surface area contributed by atoms with Crippen molar-refractivity contribution in [2.24, 2.45) is 0 Å². The quantitative estimate of drug-likeness (QED) is 0.103. The van der Waals surface area contributed by atoms with Gasteiger partial charge in [0.1, 0.15) is 0 Å². The first kappa shape index (κ1) is 84.7. The van der Waals surface area contributed by atoms with Crippen molar-refractivity contribution >= 4 is 65.4 Å². The third-order valence-corrected chi connectivity index (χ3v) is 30.9. The van der Waals surface area contributed by atoms with Crippen molar-refractivity contribution in [3.63, 3.8) is 0 Å². The summed E-state index contributed by atoms with van der Waals surface area (Å²) in [7, 11) is 0. The van der Waals surface area contributed by atoms with Crippen LogP contribution in [0.2, 0.25) is 0 Å². The van der Waals surface area contributed by atoms with Crippen LogP contribution in [0.15, 0.2) is 576 Å². The van der Waals surface area contributed by atoms with Gasteiger partial charge >= 0.3 is 0 Å². The molecule has 0 fully saturated rings. The van der Waals surface area contributed by atoms with Gasteiger partial charge in [-0.3, -0.25) is 0 Å². The number of rotatable bonds is 14. The van der Waals surface area contributed by atoms with E-state index in [1.54, 1.807) is 0 Å². The van der Waals surface area contributed by atoms with Gasteiger partial charge in [-0.15, -0.1) is 0 Å². The van der Waals surface area contributed by atoms with Crippen LogP contribution in [0.1, 0.15) is 66.8 Å². The van der Waals surface area contributed by atoms with Gasteiger partial charge in [0.2, 0.25) is 0 Å². The van der Waals surface area contributed by atoms with Gasteiger partial charge in [0.15, 0.2) is 0 Å². The summed E-state index contributed by atoms with van der Waals surface area (Å²) in [6.45, 7) is 0. The highest BCUT2D eigenvalue weighted by Gasteiger charge is 2.49. The molecular weight excluding hydrogens is 1740 g/mol. The fourth-order valence-corrected chi connectivity index (χ4v) is 24.6. The zero-order valence-electron chi connectivity index (χ0n) is 79.2. The van der Waals surface area contributed by atoms with Gasteiger partial charge in [-0.2, -0.15) is 0 Å². The summed E-state index contributed by atoms with van der Waals surface area (Å²) < 4.78 is 7.31. The van der Waals surface area contributed by atoms with Crippen LogP contribution in [0.4, 0.5) is 0 Å². The first-order valence-corrected chi connectivity index (χ1v) is 50.0. The molecule has 0 saturated carbocycles. The molecule has 0 amide bonds. The maximum Gasteiger partial charge on any atom is 0.0714 e. The van der Waals surface area contributed by atoms with E-state index in [9.17, 15) is 0 Å². The van der Waals surface area contributed by atoms with Crippen molar-refractivity contribution in [1.82, 2.24) is 13.7 Å². The van der Waals surface area contributed by atoms with Crippen molar-refractivity contribution in [3.8, 4) is 106 Å². The lowest BCUT2D eigenvalue weighted by Gasteiger charge is -2.34. The number of fused-ring (bicyclic) bond motifs is 18. The summed E-state index contributed by atoms with van der Waals surface area (Å²) in [5, 5.41) is 7.54. The highest BCUT2D eigenvalue weighted by Crippen LogP contribution is 2.61. The fraction of sp³-hybridized carbons (Fsp3) is 0.0213. The van der Waals surface area contributed by atoms with E-state index in [2.05, 4.69) is 590 Å². The zero-order valence-corrected chi connectivity index (χ0v) is 79.2. The summed E-state index contributed by atoms with van der Waals surface area (Å²) in [6, 6.07) is 211. The van der Waals surface area contributed by atoms with Gasteiger partial charge in [-0.05, 0) is 259 Å². The van der Waals surface area contributed by atoms with Crippen molar-refractivity contribution in [1.29, 1.82) is 0 Å². The van der Waals surface area contributed by atoms with E-state index in [4.69, 9.17) is 0 Å². The van der Waals surface area contributed by atoms with E-state index in [0.29, 0.717) is 0 Å². The molecule has 144 heavy (non-hydrogen) atoms. The normalized spacial score (nSPS) is 13.0. The molecule has 3 aliphatic rings. The lowest BCUT2D eigenvalue weighted by molar-refractivity contribution is 0.767. The second-order valence-electron chi connectivity index (χ2n) is 38.3. The van der Waals surface area contributed by atoms with Crippen LogP contribution in [-0.4, -0.2) is 13.7 Å². The predicted molar refractivity (Wildman–Crippen MR) is 601 cm³/mol. The molecule has 29 rings (SSSR count). The smallest absolute Gasteiger partial charge is 0.0714 e. The summed E-state index contributed by atoms with van der Waals surface area (Å²) in [4.78, 5) is 0. The number of nitrogens with zero attached hydrogens (tertiary/aromatic N) is 3. The molecule has 0 saturated heterocycles. The van der Waals surface area contributed by atoms with Crippen LogP contribution in [-0.2, 0) is 16.2 Å². The molecule has 3 aliphatic carbocycles. The highest BCUT2D eigenvalue weighted by atomic mass is 15.0. The molecule has 0 aliphatic heterocycles. The Morgan fingerprint density at radius 3 is 0.590 bits per heavy atom. The van der Waals surface area contributed by atoms with Crippen molar-refractivity contribution < 1.29 is 0 Å². The van der Waals surface area contributed by atoms with E-state index >= 15 is 0 Å². The van der Waals surface area contributed by atoms with Crippen molar-refractivity contribution in [2.45, 2.75) is 16.2 Å². The lowest BCUT2D eigenvalue weighted by atomic mass is 9.67. The van der Waals surface area contributed by atoms with Gasteiger partial charge in [-0.25, -0.2) is 0 Å². The SMILES string of the molecule is c1ccc(-c2ccc3c(c2)c2cc(-c4ccccc4)ccc2n3-c2ccc(C3(c4ccccc4)c4ccccc4-c4ccccc43)cc2)cc1.c1ccc(-c2ccc3c(c2)c2cc(-c4ccccc4)ccc2n3-c2cccc(C3(c4ccccc4)c4ccccc4-c4ccccc43)c2)cc1.c1ccc(-c2ccc3c(c2)c2ccccc2n3-c2ccc(C3(c4ccccc4)c4ccccc4-c4ccccc43)cc2)cc1. The molecule has 0 spiro atoms. The van der Waals surface area contributed by atoms with Gasteiger partial charge in [-0.1, -0.05) is 473 Å². The van der Waals surface area contributed by atoms with Gasteiger partial charge in [0.05, 0.1) is 49.3 Å². The summed E-state index contributed by atoms with van der Waals surface area (Å²) in [5.41, 5.74) is 45.2. The second-order valence-corrected chi connectivity index (χ2v) is 38.3. The molecule has 0 unspecified atom stereocenters. The molecule has 0 atom stereocenters. The van der Waals surface area contributed by atoms with Crippen LogP contribution in [0, 0.1) is 0 Å². The molecular formula is C141H95N3. The summed E-state index contributed by atoms with van der Waals surface area (Å²) in [6.07, 6.45) is 0. The number of hydrogen-bond acceptors (Lipinski definition) is 0. The Kier molecular flexibility index (Phi) is 20.7. The topological polar surface area (TPSA) is 14.8 Å². The van der Waals surface area contributed by atoms with Crippen LogP contribution in [0.3, 0.4) is 0 Å². The predicted octanol–water partition coefficient (Wildman–Crippen LogP) is 35.8. The average molecular weight is 1830 g/mol. The molecule has 674 valence electrons. The first-order chi connectivity index (χ1) is 71.4. The first-order valence-electron chi connectivity index (χ1n) is 50.0. The lowest BCUT2D eigenvalue weighted by Crippen LogP contribution is -2.28. The van der Waals surface area contributed by atoms with Crippen molar-refractivity contribution in [2.75, 3.05) is 0 Å². The number of benzene rings is 23. The van der Waals surface area contributed by atoms with E-state index in [0.717, 1.165) is 17.1 Å². The Hall–Kier alpha value is -18.5. The molecule has 3 aromatic heterocycles. The highest BCUT2D eigenvalue weighted by molar-refractivity contribution is 6.14. The number of hydrogen-bond donors (Lipinski definition) is 0. The third-order valence-electron chi connectivity index (χ3n) is 30.9. The van der Waals surface area contributed by atoms with Crippen LogP contribution in [0.25, 0.3) is 171 Å². The zero-order chi connectivity index (χ0) is 95.2. The van der Waals surface area contributed by atoms with Gasteiger partial charge in [0.25, 0.3) is 0 Å². The molecule has 0 bridgehead atoms. The number of para-hydroxylation sites is 1. The number of aromatic nitrogens is 3. The Bertz CT molecular complexity index is 9060. The minimum Gasteiger partial charge on any atom is -0.309 e. The minimum atomic E-state index is -0.454. The van der Waals surface area contributed by atoms with E-state index in [1.807, 2.05) is 0 Å². The van der Waals surface area contributed by atoms with Crippen LogP contribution >= 0.6 is 0 Å². The average Bonchev–Trinajstić information content (AvgIpc) is 1.54. The third kappa shape index (κ3) is 13.6. The molecule has 0 N–H and O–H groups in total. The standard InChI is InChI=1S/2C49H33N.C43H29N/c1-4-15-34(16-5-1)36-27-29-47-43(31-36)44-32-37(35-17-6-2-7-18-35)28-30-48(44)50(47)40-22-14-21-39(33-40)49(38-19-8-3-9-20-38)45-25-12-10-23-41(45)42-24-11-13-26-46(42)49;1-4-14-34(15-5-1)36-24-30-47-43(32-36)44-33-37(35-16-6-2-7-17-35)25-31-48(44)50(47)40-28-26-39(27-29-40)49(38-18-8-3-9-19-38)45-22-12-10-20-41(45)42-21-11-13-23-46(42)49;1-3-13-30(14-4-1)31-23-28-42-38(29-31)37-19-9-12-22-41(37)44(42)34-26-24-33(25-27-34)43(32-15-5-2-6-16-32)39-20-10-7-17-35(39)36-18-8-11-21-40(36)43/h2*1-33H;1-29H. The van der Waals surface area contributed by atoms with Gasteiger partial charge in [0, 0.05) is 49.4 Å². The largest absolute Gasteiger partial charge is 0.309 e. The maximum atomic E-state index is 2.46. The maximum absolute atomic E-state index is 2.46. The molecule has 3 heterocycles. The minimum absolute atomic E-state index is 0.390. The second kappa shape index (κ2) is 35.1. The van der Waals surface area contributed by atoms with E-state index in [1.165, 1.54) is 221 Å². The van der Waals surface area contributed by atoms with Gasteiger partial charge < -0.3 is 13.7 Å². The molecule has 0 radical (unpaired) electrons. The Morgan fingerprint density at radius 1 is 0.111 bits per heavy atom. The summed E-state index contributed by atoms with van der Waals surface area (Å²) >= 11 is 0. The Labute approximate surface area is 838 Å². The fourth-order valence-electron chi connectivity index (χ4n) is 24.6. The Balaban J connectivity index is 0.000000108. The molecule has 23 aromatic carbocycles. The molecule has 3 nitrogen and oxygen atoms in total. The van der Waals surface area contributed by atoms with E-state index < -0.39 is 16.2 Å². The monoisotopic (exact) mass is 1830 g/mol. The van der Waals surface area contributed by atoms with Crippen LogP contribution in [0.5, 0.6) is 0 Å². The Morgan fingerprint density at radius 2 is 0.312 bits per heavy atom. The molecule has 26 aromatic rings. The van der Waals surface area contributed by atoms with Crippen molar-refractivity contribution in [3.05, 3.63) is 643 Å². The van der Waals surface area contributed by atoms with E-state index in [-0.39, 0.29) is 0 Å². The molecule has 3 heteroatoms. The van der Waals surface area contributed by atoms with Crippen LogP contribution < -0.4 is 0 Å².